The second-order valence-electron chi connectivity index (χ2n) is 6.09. The fraction of sp³-hybridized carbons (Fsp3) is 0.389. The molecule has 0 bridgehead atoms. The molecule has 2 aromatic rings. The number of hydrogen-bond acceptors (Lipinski definition) is 4. The van der Waals surface area contributed by atoms with Crippen LogP contribution in [0.2, 0.25) is 0 Å². The highest BCUT2D eigenvalue weighted by Gasteiger charge is 2.22. The maximum Gasteiger partial charge on any atom is 0.241 e. The molecule has 0 aliphatic carbocycles. The first-order chi connectivity index (χ1) is 11.7. The van der Waals surface area contributed by atoms with Gasteiger partial charge in [-0.3, -0.25) is 4.79 Å². The van der Waals surface area contributed by atoms with Gasteiger partial charge in [0.15, 0.2) is 0 Å². The van der Waals surface area contributed by atoms with Gasteiger partial charge in [0.2, 0.25) is 11.9 Å². The van der Waals surface area contributed by atoms with Gasteiger partial charge in [0.05, 0.1) is 11.0 Å². The normalized spacial score (nSPS) is 15.3. The van der Waals surface area contributed by atoms with Gasteiger partial charge in [-0.05, 0) is 46.7 Å². The monoisotopic (exact) mass is 388 g/mol. The topological polar surface area (TPSA) is 58.1 Å². The van der Waals surface area contributed by atoms with Crippen LogP contribution >= 0.6 is 15.9 Å². The molecule has 0 atom stereocenters. The number of aromatic nitrogens is 2. The Hall–Kier alpha value is -1.95. The zero-order valence-corrected chi connectivity index (χ0v) is 15.1. The Morgan fingerprint density at radius 2 is 1.83 bits per heavy atom. The third kappa shape index (κ3) is 4.77. The van der Waals surface area contributed by atoms with Gasteiger partial charge in [-0.25, -0.2) is 9.97 Å². The first-order valence-corrected chi connectivity index (χ1v) is 9.03. The van der Waals surface area contributed by atoms with Gasteiger partial charge in [0.25, 0.3) is 0 Å². The number of nitrogens with zero attached hydrogens (tertiary/aromatic N) is 3. The average Bonchev–Trinajstić information content (AvgIpc) is 2.62. The molecule has 1 saturated heterocycles. The molecular weight excluding hydrogens is 368 g/mol. The number of likely N-dealkylation sites (tertiary alicyclic amines) is 1. The van der Waals surface area contributed by atoms with E-state index >= 15 is 0 Å². The molecule has 2 heterocycles. The Bertz CT molecular complexity index is 654. The van der Waals surface area contributed by atoms with Crippen molar-refractivity contribution in [1.29, 1.82) is 0 Å². The highest BCUT2D eigenvalue weighted by atomic mass is 79.9. The van der Waals surface area contributed by atoms with E-state index in [0.29, 0.717) is 11.9 Å². The van der Waals surface area contributed by atoms with Crippen molar-refractivity contribution in [2.24, 2.45) is 5.92 Å². The van der Waals surface area contributed by atoms with Crippen LogP contribution in [0.4, 0.5) is 5.95 Å². The maximum absolute atomic E-state index is 12.3. The van der Waals surface area contributed by atoms with Crippen LogP contribution in [0.3, 0.4) is 0 Å². The standard InChI is InChI=1S/C18H21BrN4O/c19-16-11-20-18(21-12-16)22-13-17(24)23-8-6-15(7-9-23)10-14-4-2-1-3-5-14/h1-5,11-12,15H,6-10,13H2,(H,20,21,22). The van der Waals surface area contributed by atoms with Crippen molar-refractivity contribution in [1.82, 2.24) is 14.9 Å². The summed E-state index contributed by atoms with van der Waals surface area (Å²) in [4.78, 5) is 22.5. The molecule has 1 aromatic carbocycles. The summed E-state index contributed by atoms with van der Waals surface area (Å²) in [7, 11) is 0. The van der Waals surface area contributed by atoms with Crippen LogP contribution in [0.15, 0.2) is 47.2 Å². The molecule has 1 amide bonds. The molecule has 126 valence electrons. The lowest BCUT2D eigenvalue weighted by molar-refractivity contribution is -0.130. The molecule has 0 radical (unpaired) electrons. The SMILES string of the molecule is O=C(CNc1ncc(Br)cn1)N1CCC(Cc2ccccc2)CC1. The van der Waals surface area contributed by atoms with E-state index in [2.05, 4.69) is 55.5 Å². The van der Waals surface area contributed by atoms with Crippen molar-refractivity contribution in [3.63, 3.8) is 0 Å². The fourth-order valence-corrected chi connectivity index (χ4v) is 3.21. The van der Waals surface area contributed by atoms with E-state index in [-0.39, 0.29) is 12.5 Å². The van der Waals surface area contributed by atoms with Gasteiger partial charge < -0.3 is 10.2 Å². The van der Waals surface area contributed by atoms with Gasteiger partial charge >= 0.3 is 0 Å². The van der Waals surface area contributed by atoms with Crippen LogP contribution in [-0.2, 0) is 11.2 Å². The van der Waals surface area contributed by atoms with Crippen molar-refractivity contribution >= 4 is 27.8 Å². The molecule has 1 aliphatic rings. The molecule has 24 heavy (non-hydrogen) atoms. The lowest BCUT2D eigenvalue weighted by Gasteiger charge is -2.32. The van der Waals surface area contributed by atoms with Gasteiger partial charge in [-0.15, -0.1) is 0 Å². The Kier molecular flexibility index (Phi) is 5.80. The fourth-order valence-electron chi connectivity index (χ4n) is 3.00. The van der Waals surface area contributed by atoms with E-state index in [0.717, 1.165) is 36.8 Å². The van der Waals surface area contributed by atoms with Crippen LogP contribution in [0.5, 0.6) is 0 Å². The van der Waals surface area contributed by atoms with Crippen molar-refractivity contribution in [3.8, 4) is 0 Å². The molecule has 0 saturated carbocycles. The third-order valence-corrected chi connectivity index (χ3v) is 4.76. The van der Waals surface area contributed by atoms with Crippen LogP contribution in [-0.4, -0.2) is 40.4 Å². The number of nitrogens with one attached hydrogen (secondary N) is 1. The Morgan fingerprint density at radius 3 is 2.50 bits per heavy atom. The summed E-state index contributed by atoms with van der Waals surface area (Å²) in [6.45, 7) is 1.91. The minimum absolute atomic E-state index is 0.111. The molecule has 5 nitrogen and oxygen atoms in total. The second-order valence-corrected chi connectivity index (χ2v) is 7.01. The van der Waals surface area contributed by atoms with Gasteiger partial charge in [0.1, 0.15) is 0 Å². The molecule has 0 unspecified atom stereocenters. The number of hydrogen-bond donors (Lipinski definition) is 1. The maximum atomic E-state index is 12.3. The molecule has 3 rings (SSSR count). The first-order valence-electron chi connectivity index (χ1n) is 8.24. The van der Waals surface area contributed by atoms with Gasteiger partial charge in [0, 0.05) is 25.5 Å². The minimum atomic E-state index is 0.111. The van der Waals surface area contributed by atoms with Crippen LogP contribution in [0, 0.1) is 5.92 Å². The summed E-state index contributed by atoms with van der Waals surface area (Å²) >= 11 is 3.29. The van der Waals surface area contributed by atoms with Crippen molar-refractivity contribution in [3.05, 3.63) is 52.8 Å². The van der Waals surface area contributed by atoms with E-state index in [1.807, 2.05) is 11.0 Å². The van der Waals surface area contributed by atoms with E-state index < -0.39 is 0 Å². The van der Waals surface area contributed by atoms with Crippen LogP contribution < -0.4 is 5.32 Å². The van der Waals surface area contributed by atoms with E-state index in [1.54, 1.807) is 12.4 Å². The molecule has 1 fully saturated rings. The number of carbonyl (C=O) groups excluding carboxylic acids is 1. The first kappa shape index (κ1) is 16.9. The highest BCUT2D eigenvalue weighted by Crippen LogP contribution is 2.21. The summed E-state index contributed by atoms with van der Waals surface area (Å²) in [6, 6.07) is 10.6. The molecule has 1 aromatic heterocycles. The quantitative estimate of drug-likeness (QED) is 0.854. The van der Waals surface area contributed by atoms with Gasteiger partial charge in [-0.2, -0.15) is 0 Å². The number of carbonyl (C=O) groups is 1. The number of piperidine rings is 1. The number of rotatable bonds is 5. The summed E-state index contributed by atoms with van der Waals surface area (Å²) in [5.74, 6) is 1.25. The molecular formula is C18H21BrN4O. The highest BCUT2D eigenvalue weighted by molar-refractivity contribution is 9.10. The molecule has 0 spiro atoms. The number of amides is 1. The number of anilines is 1. The zero-order chi connectivity index (χ0) is 16.8. The minimum Gasteiger partial charge on any atom is -0.345 e. The van der Waals surface area contributed by atoms with Gasteiger partial charge in [-0.1, -0.05) is 30.3 Å². The van der Waals surface area contributed by atoms with Crippen LogP contribution in [0.1, 0.15) is 18.4 Å². The van der Waals surface area contributed by atoms with E-state index in [1.165, 1.54) is 5.56 Å². The van der Waals surface area contributed by atoms with E-state index in [4.69, 9.17) is 0 Å². The smallest absolute Gasteiger partial charge is 0.241 e. The largest absolute Gasteiger partial charge is 0.345 e. The van der Waals surface area contributed by atoms with Crippen LogP contribution in [0.25, 0.3) is 0 Å². The third-order valence-electron chi connectivity index (χ3n) is 4.35. The van der Waals surface area contributed by atoms with Crippen molar-refractivity contribution in [2.75, 3.05) is 25.0 Å². The Morgan fingerprint density at radius 1 is 1.17 bits per heavy atom. The van der Waals surface area contributed by atoms with Crippen molar-refractivity contribution < 1.29 is 4.79 Å². The summed E-state index contributed by atoms with van der Waals surface area (Å²) in [6.07, 6.45) is 6.56. The lowest BCUT2D eigenvalue weighted by Crippen LogP contribution is -2.41. The molecule has 1 N–H and O–H groups in total. The zero-order valence-electron chi connectivity index (χ0n) is 13.5. The Balaban J connectivity index is 1.42. The number of halogens is 1. The summed E-state index contributed by atoms with van der Waals surface area (Å²) < 4.78 is 0.819. The molecule has 6 heteroatoms. The van der Waals surface area contributed by atoms with Crippen molar-refractivity contribution in [2.45, 2.75) is 19.3 Å². The second kappa shape index (κ2) is 8.24. The summed E-state index contributed by atoms with van der Waals surface area (Å²) in [5, 5.41) is 2.99. The predicted octanol–water partition coefficient (Wildman–Crippen LogP) is 3.13. The average molecular weight is 389 g/mol. The number of benzene rings is 1. The Labute approximate surface area is 150 Å². The lowest BCUT2D eigenvalue weighted by atomic mass is 9.90. The predicted molar refractivity (Wildman–Crippen MR) is 97.7 cm³/mol. The summed E-state index contributed by atoms with van der Waals surface area (Å²) in [5.41, 5.74) is 1.39. The molecule has 1 aliphatic heterocycles. The van der Waals surface area contributed by atoms with E-state index in [9.17, 15) is 4.79 Å².